The van der Waals surface area contributed by atoms with Crippen molar-refractivity contribution in [2.45, 2.75) is 13.3 Å². The molecule has 2 N–H and O–H groups in total. The summed E-state index contributed by atoms with van der Waals surface area (Å²) in [6.07, 6.45) is 0.0990. The van der Waals surface area contributed by atoms with Gasteiger partial charge in [-0.25, -0.2) is 0 Å². The molecule has 0 heterocycles. The maximum atomic E-state index is 11.3. The number of nitrogens with two attached hydrogens (primary N) is 1. The first-order chi connectivity index (χ1) is 7.58. The van der Waals surface area contributed by atoms with Crippen molar-refractivity contribution in [2.24, 2.45) is 0 Å². The Morgan fingerprint density at radius 2 is 2.19 bits per heavy atom. The summed E-state index contributed by atoms with van der Waals surface area (Å²) in [5, 5.41) is 0.470. The molecule has 0 spiro atoms. The number of carbonyl (C=O) groups excluding carboxylic acids is 1. The highest BCUT2D eigenvalue weighted by atomic mass is 35.5. The van der Waals surface area contributed by atoms with Gasteiger partial charge < -0.3 is 15.2 Å². The highest BCUT2D eigenvalue weighted by molar-refractivity contribution is 6.31. The zero-order valence-corrected chi connectivity index (χ0v) is 10.0. The summed E-state index contributed by atoms with van der Waals surface area (Å²) in [6, 6.07) is 3.22. The molecule has 1 rings (SSSR count). The Hall–Kier alpha value is -1.42. The van der Waals surface area contributed by atoms with Gasteiger partial charge in [0.2, 0.25) is 0 Å². The van der Waals surface area contributed by atoms with Gasteiger partial charge in [-0.1, -0.05) is 11.6 Å². The van der Waals surface area contributed by atoms with Gasteiger partial charge in [-0.15, -0.1) is 0 Å². The number of methoxy groups -OCH3 is 1. The van der Waals surface area contributed by atoms with Crippen LogP contribution in [0.5, 0.6) is 5.75 Å². The lowest BCUT2D eigenvalue weighted by atomic mass is 10.1. The van der Waals surface area contributed by atoms with Gasteiger partial charge in [0.1, 0.15) is 5.75 Å². The molecule has 0 amide bonds. The van der Waals surface area contributed by atoms with Crippen LogP contribution in [0.3, 0.4) is 0 Å². The first-order valence-corrected chi connectivity index (χ1v) is 5.23. The molecule has 88 valence electrons. The summed E-state index contributed by atoms with van der Waals surface area (Å²) >= 11 is 5.85. The van der Waals surface area contributed by atoms with Crippen LogP contribution in [0, 0.1) is 0 Å². The molecule has 0 aliphatic heterocycles. The minimum atomic E-state index is -0.331. The summed E-state index contributed by atoms with van der Waals surface area (Å²) < 4.78 is 9.97. The molecule has 0 aromatic heterocycles. The number of benzene rings is 1. The van der Waals surface area contributed by atoms with E-state index in [0.29, 0.717) is 28.6 Å². The van der Waals surface area contributed by atoms with Crippen LogP contribution in [-0.2, 0) is 16.0 Å². The first-order valence-electron chi connectivity index (χ1n) is 4.86. The number of ether oxygens (including phenoxy) is 2. The highest BCUT2D eigenvalue weighted by Crippen LogP contribution is 2.30. The van der Waals surface area contributed by atoms with E-state index in [1.54, 1.807) is 19.1 Å². The van der Waals surface area contributed by atoms with Gasteiger partial charge in [-0.3, -0.25) is 4.79 Å². The Kier molecular flexibility index (Phi) is 4.43. The standard InChI is InChI=1S/C11H14ClNO3/c1-3-16-10(14)5-7-4-8(12)6-9(13)11(7)15-2/h4,6H,3,5,13H2,1-2H3. The molecule has 0 radical (unpaired) electrons. The SMILES string of the molecule is CCOC(=O)Cc1cc(Cl)cc(N)c1OC. The van der Waals surface area contributed by atoms with Crippen LogP contribution in [0.1, 0.15) is 12.5 Å². The van der Waals surface area contributed by atoms with Crippen LogP contribution < -0.4 is 10.5 Å². The minimum Gasteiger partial charge on any atom is -0.494 e. The van der Waals surface area contributed by atoms with Gasteiger partial charge >= 0.3 is 5.97 Å². The van der Waals surface area contributed by atoms with Crippen molar-refractivity contribution in [3.63, 3.8) is 0 Å². The van der Waals surface area contributed by atoms with Crippen molar-refractivity contribution in [1.29, 1.82) is 0 Å². The van der Waals surface area contributed by atoms with Crippen LogP contribution in [0.15, 0.2) is 12.1 Å². The predicted octanol–water partition coefficient (Wildman–Crippen LogP) is 2.04. The second-order valence-corrected chi connectivity index (χ2v) is 3.61. The largest absolute Gasteiger partial charge is 0.494 e. The van der Waals surface area contributed by atoms with Gasteiger partial charge in [0, 0.05) is 10.6 Å². The molecule has 1 aromatic carbocycles. The number of esters is 1. The number of nitrogen functional groups attached to an aromatic ring is 1. The summed E-state index contributed by atoms with van der Waals surface area (Å²) in [5.41, 5.74) is 6.76. The van der Waals surface area contributed by atoms with Crippen LogP contribution in [0.25, 0.3) is 0 Å². The predicted molar refractivity (Wildman–Crippen MR) is 62.8 cm³/mol. The average molecular weight is 244 g/mol. The fraction of sp³-hybridized carbons (Fsp3) is 0.364. The average Bonchev–Trinajstić information content (AvgIpc) is 2.17. The van der Waals surface area contributed by atoms with Crippen molar-refractivity contribution in [3.05, 3.63) is 22.7 Å². The zero-order valence-electron chi connectivity index (χ0n) is 9.25. The van der Waals surface area contributed by atoms with E-state index in [-0.39, 0.29) is 12.4 Å². The Balaban J connectivity index is 2.97. The third-order valence-electron chi connectivity index (χ3n) is 2.00. The second-order valence-electron chi connectivity index (χ2n) is 3.17. The van der Waals surface area contributed by atoms with Gasteiger partial charge in [0.25, 0.3) is 0 Å². The van der Waals surface area contributed by atoms with E-state index in [2.05, 4.69) is 0 Å². The van der Waals surface area contributed by atoms with Crippen molar-refractivity contribution in [1.82, 2.24) is 0 Å². The number of anilines is 1. The molecule has 0 aliphatic carbocycles. The summed E-state index contributed by atoms with van der Waals surface area (Å²) in [5.74, 6) is 0.139. The lowest BCUT2D eigenvalue weighted by molar-refractivity contribution is -0.142. The molecule has 0 bridgehead atoms. The van der Waals surface area contributed by atoms with Crippen LogP contribution in [0.2, 0.25) is 5.02 Å². The molecule has 0 unspecified atom stereocenters. The third-order valence-corrected chi connectivity index (χ3v) is 2.22. The Morgan fingerprint density at radius 1 is 1.50 bits per heavy atom. The summed E-state index contributed by atoms with van der Waals surface area (Å²) in [7, 11) is 1.49. The third kappa shape index (κ3) is 3.03. The van der Waals surface area contributed by atoms with Crippen LogP contribution in [-0.4, -0.2) is 19.7 Å². The molecular weight excluding hydrogens is 230 g/mol. The van der Waals surface area contributed by atoms with E-state index < -0.39 is 0 Å². The topological polar surface area (TPSA) is 61.5 Å². The molecule has 0 saturated carbocycles. The molecule has 4 nitrogen and oxygen atoms in total. The number of rotatable bonds is 4. The van der Waals surface area contributed by atoms with Gasteiger partial charge in [-0.2, -0.15) is 0 Å². The van der Waals surface area contributed by atoms with Gasteiger partial charge in [0.05, 0.1) is 25.8 Å². The first kappa shape index (κ1) is 12.6. The number of carbonyl (C=O) groups is 1. The van der Waals surface area contributed by atoms with E-state index >= 15 is 0 Å². The Bertz CT molecular complexity index is 393. The van der Waals surface area contributed by atoms with E-state index in [9.17, 15) is 4.79 Å². The lowest BCUT2D eigenvalue weighted by Crippen LogP contribution is -2.09. The number of hydrogen-bond donors (Lipinski definition) is 1. The van der Waals surface area contributed by atoms with E-state index in [4.69, 9.17) is 26.8 Å². The molecule has 0 aliphatic rings. The fourth-order valence-electron chi connectivity index (χ4n) is 1.42. The monoisotopic (exact) mass is 243 g/mol. The maximum absolute atomic E-state index is 11.3. The normalized spacial score (nSPS) is 9.94. The minimum absolute atomic E-state index is 0.0990. The van der Waals surface area contributed by atoms with Gasteiger partial charge in [-0.05, 0) is 19.1 Å². The van der Waals surface area contributed by atoms with E-state index in [0.717, 1.165) is 0 Å². The molecule has 0 fully saturated rings. The molecule has 1 aromatic rings. The molecule has 0 atom stereocenters. The zero-order chi connectivity index (χ0) is 12.1. The quantitative estimate of drug-likeness (QED) is 0.649. The van der Waals surface area contributed by atoms with Crippen LogP contribution >= 0.6 is 11.6 Å². The number of halogens is 1. The lowest BCUT2D eigenvalue weighted by Gasteiger charge is -2.11. The van der Waals surface area contributed by atoms with E-state index in [1.807, 2.05) is 0 Å². The molecule has 0 saturated heterocycles. The van der Waals surface area contributed by atoms with E-state index in [1.165, 1.54) is 7.11 Å². The maximum Gasteiger partial charge on any atom is 0.310 e. The van der Waals surface area contributed by atoms with Crippen molar-refractivity contribution in [3.8, 4) is 5.75 Å². The highest BCUT2D eigenvalue weighted by Gasteiger charge is 2.13. The number of hydrogen-bond acceptors (Lipinski definition) is 4. The fourth-order valence-corrected chi connectivity index (χ4v) is 1.67. The van der Waals surface area contributed by atoms with Crippen molar-refractivity contribution >= 4 is 23.3 Å². The molecule has 5 heteroatoms. The smallest absolute Gasteiger partial charge is 0.310 e. The summed E-state index contributed by atoms with van der Waals surface area (Å²) in [6.45, 7) is 2.10. The van der Waals surface area contributed by atoms with Crippen molar-refractivity contribution in [2.75, 3.05) is 19.5 Å². The second kappa shape index (κ2) is 5.61. The van der Waals surface area contributed by atoms with Crippen molar-refractivity contribution < 1.29 is 14.3 Å². The summed E-state index contributed by atoms with van der Waals surface area (Å²) in [4.78, 5) is 11.3. The van der Waals surface area contributed by atoms with Crippen LogP contribution in [0.4, 0.5) is 5.69 Å². The van der Waals surface area contributed by atoms with Gasteiger partial charge in [0.15, 0.2) is 0 Å². The Labute approximate surface area is 99.3 Å². The molecule has 16 heavy (non-hydrogen) atoms. The Morgan fingerprint density at radius 3 is 2.75 bits per heavy atom. The molecular formula is C11H14ClNO3.